The van der Waals surface area contributed by atoms with Gasteiger partial charge in [-0.1, -0.05) is 51.0 Å². The smallest absolute Gasteiger partial charge is 0.338 e. The molecule has 0 radical (unpaired) electrons. The number of carbonyl (C=O) groups is 3. The maximum Gasteiger partial charge on any atom is 0.338 e. The molecule has 1 aromatic carbocycles. The molecule has 3 rings (SSSR count). The fraction of sp³-hybridized carbons (Fsp3) is 0.577. The van der Waals surface area contributed by atoms with Crippen LogP contribution >= 0.6 is 0 Å². The predicted molar refractivity (Wildman–Crippen MR) is 118 cm³/mol. The summed E-state index contributed by atoms with van der Waals surface area (Å²) < 4.78 is 11.4. The molecule has 3 unspecified atom stereocenters. The molecule has 31 heavy (non-hydrogen) atoms. The zero-order valence-corrected chi connectivity index (χ0v) is 18.8. The Bertz CT molecular complexity index is 799. The molecule has 0 N–H and O–H groups in total. The van der Waals surface area contributed by atoms with Crippen molar-refractivity contribution < 1.29 is 23.9 Å². The van der Waals surface area contributed by atoms with E-state index in [1.807, 2.05) is 31.2 Å². The molecule has 0 bridgehead atoms. The molecule has 2 saturated carbocycles. The first-order chi connectivity index (χ1) is 14.9. The van der Waals surface area contributed by atoms with Crippen LogP contribution < -0.4 is 0 Å². The van der Waals surface area contributed by atoms with Crippen LogP contribution in [0.2, 0.25) is 0 Å². The molecule has 168 valence electrons. The van der Waals surface area contributed by atoms with E-state index in [2.05, 4.69) is 6.92 Å². The normalized spacial score (nSPS) is 28.3. The van der Waals surface area contributed by atoms with Crippen molar-refractivity contribution in [2.45, 2.75) is 71.5 Å². The first-order valence-electron chi connectivity index (χ1n) is 11.5. The van der Waals surface area contributed by atoms with Gasteiger partial charge in [0.15, 0.2) is 5.78 Å². The molecule has 2 aliphatic carbocycles. The lowest BCUT2D eigenvalue weighted by Gasteiger charge is -2.22. The molecule has 0 saturated heterocycles. The Labute approximate surface area is 185 Å². The standard InChI is InChI=1S/C26H34O5/c1-4-5-9-17(2)24(28)13-12-22-23-16-21(30-18(3)27)14-20(23)15-25(22)31-26(29)19-10-7-6-8-11-19/h6-8,10-13,17,20-23,25H,4-5,9,14-16H2,1-3H3/t17-,20+,21?,22?,23+,25?/m0/s1. The SMILES string of the molecule is CCCC[C@H](C)C(=O)C=CC1C(OC(=O)c2ccccc2)C[C@H]2CC(OC(C)=O)C[C@@H]12. The van der Waals surface area contributed by atoms with E-state index in [9.17, 15) is 14.4 Å². The van der Waals surface area contributed by atoms with Gasteiger partial charge < -0.3 is 9.47 Å². The third-order valence-corrected chi connectivity index (χ3v) is 6.72. The highest BCUT2D eigenvalue weighted by atomic mass is 16.5. The second-order valence-electron chi connectivity index (χ2n) is 9.05. The summed E-state index contributed by atoms with van der Waals surface area (Å²) in [5, 5.41) is 0. The summed E-state index contributed by atoms with van der Waals surface area (Å²) in [6, 6.07) is 8.99. The van der Waals surface area contributed by atoms with Gasteiger partial charge in [-0.25, -0.2) is 4.79 Å². The molecule has 5 nitrogen and oxygen atoms in total. The van der Waals surface area contributed by atoms with Crippen molar-refractivity contribution in [3.8, 4) is 0 Å². The molecule has 2 fully saturated rings. The number of benzene rings is 1. The van der Waals surface area contributed by atoms with E-state index >= 15 is 0 Å². The van der Waals surface area contributed by atoms with Crippen LogP contribution in [0, 0.1) is 23.7 Å². The number of fused-ring (bicyclic) bond motifs is 1. The first-order valence-corrected chi connectivity index (χ1v) is 11.5. The molecule has 0 aliphatic heterocycles. The van der Waals surface area contributed by atoms with E-state index < -0.39 is 0 Å². The quantitative estimate of drug-likeness (QED) is 0.404. The van der Waals surface area contributed by atoms with Gasteiger partial charge in [0.25, 0.3) is 0 Å². The van der Waals surface area contributed by atoms with Gasteiger partial charge in [0, 0.05) is 18.8 Å². The number of carbonyl (C=O) groups excluding carboxylic acids is 3. The topological polar surface area (TPSA) is 69.7 Å². The number of ketones is 1. The van der Waals surface area contributed by atoms with Crippen molar-refractivity contribution in [3.05, 3.63) is 48.0 Å². The first kappa shape index (κ1) is 23.2. The molecule has 0 heterocycles. The van der Waals surface area contributed by atoms with Crippen LogP contribution in [-0.2, 0) is 19.1 Å². The molecule has 0 amide bonds. The molecular weight excluding hydrogens is 392 g/mol. The fourth-order valence-electron chi connectivity index (χ4n) is 5.11. The highest BCUT2D eigenvalue weighted by Crippen LogP contribution is 2.50. The van der Waals surface area contributed by atoms with Gasteiger partial charge in [-0.3, -0.25) is 9.59 Å². The minimum atomic E-state index is -0.330. The highest BCUT2D eigenvalue weighted by Gasteiger charge is 2.50. The maximum absolute atomic E-state index is 12.7. The number of hydrogen-bond donors (Lipinski definition) is 0. The molecule has 1 aromatic rings. The van der Waals surface area contributed by atoms with E-state index in [4.69, 9.17) is 9.47 Å². The molecule has 0 spiro atoms. The van der Waals surface area contributed by atoms with Gasteiger partial charge in [0.05, 0.1) is 5.56 Å². The van der Waals surface area contributed by atoms with Crippen molar-refractivity contribution in [2.75, 3.05) is 0 Å². The number of esters is 2. The number of ether oxygens (including phenoxy) is 2. The lowest BCUT2D eigenvalue weighted by molar-refractivity contribution is -0.146. The molecule has 5 heteroatoms. The van der Waals surface area contributed by atoms with E-state index in [1.54, 1.807) is 18.2 Å². The van der Waals surface area contributed by atoms with Gasteiger partial charge in [-0.2, -0.15) is 0 Å². The van der Waals surface area contributed by atoms with E-state index in [0.29, 0.717) is 11.5 Å². The fourth-order valence-corrected chi connectivity index (χ4v) is 5.11. The summed E-state index contributed by atoms with van der Waals surface area (Å²) in [6.07, 6.45) is 8.55. The lowest BCUT2D eigenvalue weighted by atomic mass is 9.89. The van der Waals surface area contributed by atoms with Crippen molar-refractivity contribution in [3.63, 3.8) is 0 Å². The minimum absolute atomic E-state index is 0.00362. The third-order valence-electron chi connectivity index (χ3n) is 6.72. The average Bonchev–Trinajstić information content (AvgIpc) is 3.27. The van der Waals surface area contributed by atoms with Crippen molar-refractivity contribution in [2.24, 2.45) is 23.7 Å². The molecule has 2 aliphatic rings. The Balaban J connectivity index is 1.72. The van der Waals surface area contributed by atoms with Crippen LogP contribution in [0.4, 0.5) is 0 Å². The van der Waals surface area contributed by atoms with Gasteiger partial charge in [-0.15, -0.1) is 0 Å². The second kappa shape index (κ2) is 10.7. The Morgan fingerprint density at radius 2 is 1.84 bits per heavy atom. The van der Waals surface area contributed by atoms with Crippen molar-refractivity contribution in [1.82, 2.24) is 0 Å². The largest absolute Gasteiger partial charge is 0.463 e. The van der Waals surface area contributed by atoms with Crippen LogP contribution in [0.15, 0.2) is 42.5 Å². The number of unbranched alkanes of at least 4 members (excludes halogenated alkanes) is 1. The van der Waals surface area contributed by atoms with Crippen LogP contribution in [0.25, 0.3) is 0 Å². The van der Waals surface area contributed by atoms with Crippen LogP contribution in [-0.4, -0.2) is 29.9 Å². The number of allylic oxidation sites excluding steroid dienone is 1. The highest BCUT2D eigenvalue weighted by molar-refractivity contribution is 5.91. The van der Waals surface area contributed by atoms with Crippen molar-refractivity contribution >= 4 is 17.7 Å². The van der Waals surface area contributed by atoms with Gasteiger partial charge >= 0.3 is 11.9 Å². The monoisotopic (exact) mass is 426 g/mol. The Morgan fingerprint density at radius 3 is 2.52 bits per heavy atom. The Morgan fingerprint density at radius 1 is 1.10 bits per heavy atom. The van der Waals surface area contributed by atoms with E-state index in [-0.39, 0.29) is 47.7 Å². The summed E-state index contributed by atoms with van der Waals surface area (Å²) in [6.45, 7) is 5.53. The van der Waals surface area contributed by atoms with Crippen LogP contribution in [0.3, 0.4) is 0 Å². The summed E-state index contributed by atoms with van der Waals surface area (Å²) in [5.74, 6) is 0.0523. The molecule has 0 aromatic heterocycles. The average molecular weight is 427 g/mol. The Kier molecular flexibility index (Phi) is 8.05. The number of hydrogen-bond acceptors (Lipinski definition) is 5. The number of rotatable bonds is 9. The zero-order chi connectivity index (χ0) is 22.4. The zero-order valence-electron chi connectivity index (χ0n) is 18.8. The van der Waals surface area contributed by atoms with Crippen LogP contribution in [0.5, 0.6) is 0 Å². The predicted octanol–water partition coefficient (Wildman–Crippen LogP) is 5.14. The van der Waals surface area contributed by atoms with Gasteiger partial charge in [0.2, 0.25) is 0 Å². The van der Waals surface area contributed by atoms with E-state index in [1.165, 1.54) is 6.92 Å². The van der Waals surface area contributed by atoms with Gasteiger partial charge in [0.1, 0.15) is 12.2 Å². The summed E-state index contributed by atoms with van der Waals surface area (Å²) in [5.41, 5.74) is 0.532. The maximum atomic E-state index is 12.7. The summed E-state index contributed by atoms with van der Waals surface area (Å²) >= 11 is 0. The second-order valence-corrected chi connectivity index (χ2v) is 9.05. The van der Waals surface area contributed by atoms with E-state index in [0.717, 1.165) is 38.5 Å². The van der Waals surface area contributed by atoms with Crippen LogP contribution in [0.1, 0.15) is 69.7 Å². The van der Waals surface area contributed by atoms with Gasteiger partial charge in [-0.05, 0) is 55.7 Å². The molecular formula is C26H34O5. The lowest BCUT2D eigenvalue weighted by Crippen LogP contribution is -2.26. The Hall–Kier alpha value is -2.43. The van der Waals surface area contributed by atoms with Crippen molar-refractivity contribution in [1.29, 1.82) is 0 Å². The summed E-state index contributed by atoms with van der Waals surface area (Å²) in [4.78, 5) is 36.6. The third kappa shape index (κ3) is 6.05. The minimum Gasteiger partial charge on any atom is -0.463 e. The molecule has 6 atom stereocenters. The summed E-state index contributed by atoms with van der Waals surface area (Å²) in [7, 11) is 0.